The van der Waals surface area contributed by atoms with E-state index < -0.39 is 11.9 Å². The first-order valence-corrected chi connectivity index (χ1v) is 17.4. The SMILES string of the molecule is Oc1ccccc1O.[Cl][W]([Cl])([Cl])[Cl]. The maximum absolute atomic E-state index is 8.67. The van der Waals surface area contributed by atoms with E-state index in [0.29, 0.717) is 0 Å². The van der Waals surface area contributed by atoms with E-state index in [4.69, 9.17) is 47.9 Å². The summed E-state index contributed by atoms with van der Waals surface area (Å²) < 4.78 is 0. The van der Waals surface area contributed by atoms with Gasteiger partial charge in [0.15, 0.2) is 11.5 Å². The molecule has 0 radical (unpaired) electrons. The molecule has 2 nitrogen and oxygen atoms in total. The number of aromatic hydroxyl groups is 2. The van der Waals surface area contributed by atoms with E-state index in [2.05, 4.69) is 0 Å². The topological polar surface area (TPSA) is 40.5 Å². The van der Waals surface area contributed by atoms with E-state index in [1.807, 2.05) is 0 Å². The van der Waals surface area contributed by atoms with Crippen LogP contribution in [0.3, 0.4) is 0 Å². The molecule has 13 heavy (non-hydrogen) atoms. The van der Waals surface area contributed by atoms with Gasteiger partial charge >= 0.3 is 49.6 Å². The number of hydrogen-bond donors (Lipinski definition) is 2. The molecular formula is C6H6Cl4O2W. The first kappa shape index (κ1) is 13.7. The third-order valence-electron chi connectivity index (χ3n) is 0.882. The van der Waals surface area contributed by atoms with Crippen LogP contribution in [0, 0.1) is 0 Å². The Bertz CT molecular complexity index is 236. The summed E-state index contributed by atoms with van der Waals surface area (Å²) >= 11 is -3.28. The molecule has 0 heterocycles. The Kier molecular flexibility index (Phi) is 6.53. The molecule has 0 atom stereocenters. The van der Waals surface area contributed by atoms with Crippen LogP contribution < -0.4 is 0 Å². The summed E-state index contributed by atoms with van der Waals surface area (Å²) in [6, 6.07) is 6.15. The van der Waals surface area contributed by atoms with E-state index in [0.717, 1.165) is 0 Å². The maximum atomic E-state index is 8.67. The van der Waals surface area contributed by atoms with Crippen molar-refractivity contribution in [1.29, 1.82) is 0 Å². The van der Waals surface area contributed by atoms with Crippen LogP contribution in [0.2, 0.25) is 0 Å². The number of hydrogen-bond acceptors (Lipinski definition) is 2. The minimum absolute atomic E-state index is 0.0764. The summed E-state index contributed by atoms with van der Waals surface area (Å²) in [6.45, 7) is 0. The van der Waals surface area contributed by atoms with Gasteiger partial charge in [-0.15, -0.1) is 0 Å². The summed E-state index contributed by atoms with van der Waals surface area (Å²) in [5, 5.41) is 17.3. The normalized spacial score (nSPS) is 11.4. The molecule has 0 aliphatic rings. The Morgan fingerprint density at radius 3 is 1.23 bits per heavy atom. The van der Waals surface area contributed by atoms with Crippen molar-refractivity contribution in [2.75, 3.05) is 0 Å². The zero-order valence-electron chi connectivity index (χ0n) is 6.12. The van der Waals surface area contributed by atoms with E-state index in [9.17, 15) is 0 Å². The van der Waals surface area contributed by atoms with E-state index in [1.54, 1.807) is 12.1 Å². The van der Waals surface area contributed by atoms with Crippen LogP contribution in [-0.2, 0) is 11.9 Å². The van der Waals surface area contributed by atoms with Gasteiger partial charge in [0.05, 0.1) is 0 Å². The second-order valence-corrected chi connectivity index (χ2v) is 27.3. The summed E-state index contributed by atoms with van der Waals surface area (Å²) in [7, 11) is 20.1. The number of benzene rings is 1. The van der Waals surface area contributed by atoms with Crippen LogP contribution in [0.25, 0.3) is 0 Å². The standard InChI is InChI=1S/C6H6O2.4ClH.W/c7-5-3-1-2-4-6(5)8;;;;;/h1-4,7-8H;4*1H;/q;;;;;+4/p-4. The van der Waals surface area contributed by atoms with E-state index in [1.165, 1.54) is 12.1 Å². The Balaban J connectivity index is 0.000000252. The van der Waals surface area contributed by atoms with Gasteiger partial charge in [-0.3, -0.25) is 0 Å². The fourth-order valence-corrected chi connectivity index (χ4v) is 0.464. The van der Waals surface area contributed by atoms with E-state index >= 15 is 0 Å². The number of para-hydroxylation sites is 2. The molecule has 1 rings (SSSR count). The molecule has 0 aliphatic carbocycles. The molecular weight excluding hydrogens is 430 g/mol. The van der Waals surface area contributed by atoms with Crippen LogP contribution in [-0.4, -0.2) is 10.2 Å². The van der Waals surface area contributed by atoms with Crippen LogP contribution in [0.4, 0.5) is 0 Å². The molecule has 1 aromatic rings. The van der Waals surface area contributed by atoms with Gasteiger partial charge in [0, 0.05) is 0 Å². The van der Waals surface area contributed by atoms with Crippen molar-refractivity contribution in [3.8, 4) is 11.5 Å². The second kappa shape index (κ2) is 6.21. The van der Waals surface area contributed by atoms with Crippen LogP contribution in [0.1, 0.15) is 0 Å². The molecule has 0 fully saturated rings. The van der Waals surface area contributed by atoms with Crippen LogP contribution in [0.15, 0.2) is 24.3 Å². The molecule has 1 aromatic carbocycles. The summed E-state index contributed by atoms with van der Waals surface area (Å²) in [5.41, 5.74) is 0. The minimum atomic E-state index is -3.28. The summed E-state index contributed by atoms with van der Waals surface area (Å²) in [5.74, 6) is -0.153. The van der Waals surface area contributed by atoms with Crippen LogP contribution >= 0.6 is 37.7 Å². The zero-order chi connectivity index (χ0) is 10.5. The molecule has 76 valence electrons. The molecule has 0 bridgehead atoms. The van der Waals surface area contributed by atoms with Crippen molar-refractivity contribution >= 4 is 37.7 Å². The van der Waals surface area contributed by atoms with Gasteiger partial charge < -0.3 is 10.2 Å². The molecule has 0 unspecified atom stereocenters. The Morgan fingerprint density at radius 2 is 1.08 bits per heavy atom. The third kappa shape index (κ3) is 10.6. The van der Waals surface area contributed by atoms with Gasteiger partial charge in [-0.25, -0.2) is 0 Å². The predicted octanol–water partition coefficient (Wildman–Crippen LogP) is 3.85. The van der Waals surface area contributed by atoms with E-state index in [-0.39, 0.29) is 11.5 Å². The van der Waals surface area contributed by atoms with Crippen molar-refractivity contribution in [3.05, 3.63) is 24.3 Å². The fraction of sp³-hybridized carbons (Fsp3) is 0. The van der Waals surface area contributed by atoms with Crippen molar-refractivity contribution < 1.29 is 22.1 Å². The molecule has 0 amide bonds. The Morgan fingerprint density at radius 1 is 0.846 bits per heavy atom. The number of halogens is 4. The molecule has 7 heteroatoms. The average molecular weight is 436 g/mol. The Labute approximate surface area is 94.9 Å². The van der Waals surface area contributed by atoms with Crippen LogP contribution in [0.5, 0.6) is 11.5 Å². The summed E-state index contributed by atoms with van der Waals surface area (Å²) in [6.07, 6.45) is 0. The van der Waals surface area contributed by atoms with Gasteiger partial charge in [-0.05, 0) is 12.1 Å². The van der Waals surface area contributed by atoms with Gasteiger partial charge in [-0.2, -0.15) is 0 Å². The summed E-state index contributed by atoms with van der Waals surface area (Å²) in [4.78, 5) is 0. The monoisotopic (exact) mass is 434 g/mol. The second-order valence-electron chi connectivity index (χ2n) is 1.84. The molecule has 0 aliphatic heterocycles. The first-order chi connectivity index (χ1) is 5.80. The number of rotatable bonds is 0. The number of phenolic OH excluding ortho intramolecular Hbond substituents is 2. The quantitative estimate of drug-likeness (QED) is 0.608. The molecule has 0 saturated carbocycles. The van der Waals surface area contributed by atoms with Crippen molar-refractivity contribution in [1.82, 2.24) is 0 Å². The molecule has 0 saturated heterocycles. The van der Waals surface area contributed by atoms with Gasteiger partial charge in [0.1, 0.15) is 0 Å². The molecule has 0 spiro atoms. The van der Waals surface area contributed by atoms with Gasteiger partial charge in [-0.1, -0.05) is 12.1 Å². The number of phenols is 2. The fourth-order valence-electron chi connectivity index (χ4n) is 0.464. The van der Waals surface area contributed by atoms with Crippen molar-refractivity contribution in [2.24, 2.45) is 0 Å². The molecule has 0 aromatic heterocycles. The van der Waals surface area contributed by atoms with Gasteiger partial charge in [0.2, 0.25) is 0 Å². The van der Waals surface area contributed by atoms with Gasteiger partial charge in [0.25, 0.3) is 0 Å². The zero-order valence-corrected chi connectivity index (χ0v) is 12.1. The predicted molar refractivity (Wildman–Crippen MR) is 53.2 cm³/mol. The third-order valence-corrected chi connectivity index (χ3v) is 0.882. The van der Waals surface area contributed by atoms with Crippen molar-refractivity contribution in [3.63, 3.8) is 0 Å². The molecule has 2 N–H and O–H groups in total. The average Bonchev–Trinajstić information content (AvgIpc) is 1.92. The first-order valence-electron chi connectivity index (χ1n) is 2.89. The van der Waals surface area contributed by atoms with Crippen molar-refractivity contribution in [2.45, 2.75) is 0 Å². The Hall–Kier alpha value is 0.668.